The summed E-state index contributed by atoms with van der Waals surface area (Å²) in [5.41, 5.74) is 2.86. The van der Waals surface area contributed by atoms with E-state index < -0.39 is 10.0 Å². The number of nitrogens with zero attached hydrogens (tertiary/aromatic N) is 1. The van der Waals surface area contributed by atoms with Gasteiger partial charge >= 0.3 is 0 Å². The lowest BCUT2D eigenvalue weighted by Crippen LogP contribution is -2.15. The fraction of sp³-hybridized carbons (Fsp3) is 0.167. The fourth-order valence-electron chi connectivity index (χ4n) is 2.68. The van der Waals surface area contributed by atoms with E-state index in [0.717, 1.165) is 11.1 Å². The van der Waals surface area contributed by atoms with Crippen LogP contribution in [0.2, 0.25) is 0 Å². The highest BCUT2D eigenvalue weighted by Gasteiger charge is 2.21. The van der Waals surface area contributed by atoms with Gasteiger partial charge in [0.05, 0.1) is 17.7 Å². The SMILES string of the molecule is COc1ccc(S(=O)(=O)Nc2c(C)cccc2C)c2cccnc12. The number of nitrogens with one attached hydrogen (secondary N) is 1. The molecule has 0 radical (unpaired) electrons. The first-order chi connectivity index (χ1) is 11.4. The topological polar surface area (TPSA) is 68.3 Å². The summed E-state index contributed by atoms with van der Waals surface area (Å²) >= 11 is 0. The number of hydrogen-bond donors (Lipinski definition) is 1. The van der Waals surface area contributed by atoms with Gasteiger partial charge in [-0.3, -0.25) is 9.71 Å². The quantitative estimate of drug-likeness (QED) is 0.785. The number of sulfonamides is 1. The van der Waals surface area contributed by atoms with Crippen LogP contribution in [0.4, 0.5) is 5.69 Å². The Hall–Kier alpha value is -2.60. The van der Waals surface area contributed by atoms with Gasteiger partial charge in [-0.15, -0.1) is 0 Å². The summed E-state index contributed by atoms with van der Waals surface area (Å²) < 4.78 is 33.9. The smallest absolute Gasteiger partial charge is 0.262 e. The number of aryl methyl sites for hydroxylation is 2. The van der Waals surface area contributed by atoms with E-state index in [4.69, 9.17) is 4.74 Å². The van der Waals surface area contributed by atoms with Crippen LogP contribution < -0.4 is 9.46 Å². The number of aromatic nitrogens is 1. The molecule has 6 heteroatoms. The maximum atomic E-state index is 12.9. The van der Waals surface area contributed by atoms with E-state index in [0.29, 0.717) is 22.3 Å². The summed E-state index contributed by atoms with van der Waals surface area (Å²) in [7, 11) is -2.22. The summed E-state index contributed by atoms with van der Waals surface area (Å²) in [4.78, 5) is 4.43. The van der Waals surface area contributed by atoms with Crippen molar-refractivity contribution in [2.75, 3.05) is 11.8 Å². The van der Waals surface area contributed by atoms with E-state index in [-0.39, 0.29) is 4.90 Å². The molecule has 3 aromatic rings. The van der Waals surface area contributed by atoms with Crippen LogP contribution in [0.5, 0.6) is 5.75 Å². The standard InChI is InChI=1S/C18H18N2O3S/c1-12-6-4-7-13(2)17(12)20-24(21,22)16-10-9-15(23-3)18-14(16)8-5-11-19-18/h4-11,20H,1-3H3. The minimum absolute atomic E-state index is 0.175. The number of benzene rings is 2. The van der Waals surface area contributed by atoms with Crippen LogP contribution >= 0.6 is 0 Å². The molecule has 0 saturated carbocycles. The minimum atomic E-state index is -3.76. The number of fused-ring (bicyclic) bond motifs is 1. The molecule has 0 amide bonds. The third-order valence-corrected chi connectivity index (χ3v) is 5.33. The van der Waals surface area contributed by atoms with Gasteiger partial charge in [0.2, 0.25) is 0 Å². The first kappa shape index (κ1) is 16.3. The highest BCUT2D eigenvalue weighted by molar-refractivity contribution is 7.93. The molecule has 0 aliphatic carbocycles. The van der Waals surface area contributed by atoms with Crippen LogP contribution in [0.25, 0.3) is 10.9 Å². The lowest BCUT2D eigenvalue weighted by molar-refractivity contribution is 0.418. The number of hydrogen-bond acceptors (Lipinski definition) is 4. The predicted molar refractivity (Wildman–Crippen MR) is 95.0 cm³/mol. The zero-order valence-corrected chi connectivity index (χ0v) is 14.5. The van der Waals surface area contributed by atoms with Gasteiger partial charge in [0.15, 0.2) is 0 Å². The molecule has 24 heavy (non-hydrogen) atoms. The molecule has 0 bridgehead atoms. The number of para-hydroxylation sites is 1. The zero-order valence-electron chi connectivity index (χ0n) is 13.7. The van der Waals surface area contributed by atoms with Crippen molar-refractivity contribution in [1.82, 2.24) is 4.98 Å². The molecule has 5 nitrogen and oxygen atoms in total. The van der Waals surface area contributed by atoms with Crippen molar-refractivity contribution in [1.29, 1.82) is 0 Å². The maximum absolute atomic E-state index is 12.9. The molecule has 2 aromatic carbocycles. The number of pyridine rings is 1. The van der Waals surface area contributed by atoms with E-state index in [1.54, 1.807) is 30.5 Å². The minimum Gasteiger partial charge on any atom is -0.494 e. The Morgan fingerprint density at radius 3 is 2.38 bits per heavy atom. The van der Waals surface area contributed by atoms with Crippen molar-refractivity contribution in [3.63, 3.8) is 0 Å². The van der Waals surface area contributed by atoms with E-state index in [2.05, 4.69) is 9.71 Å². The van der Waals surface area contributed by atoms with Crippen molar-refractivity contribution in [3.05, 3.63) is 59.8 Å². The van der Waals surface area contributed by atoms with Gasteiger partial charge in [-0.25, -0.2) is 8.42 Å². The second-order valence-electron chi connectivity index (χ2n) is 5.54. The monoisotopic (exact) mass is 342 g/mol. The average Bonchev–Trinajstić information content (AvgIpc) is 2.57. The molecule has 124 valence electrons. The Bertz CT molecular complexity index is 994. The van der Waals surface area contributed by atoms with Crippen molar-refractivity contribution in [3.8, 4) is 5.75 Å². The van der Waals surface area contributed by atoms with Gasteiger partial charge < -0.3 is 4.74 Å². The van der Waals surface area contributed by atoms with E-state index in [9.17, 15) is 8.42 Å². The van der Waals surface area contributed by atoms with Crippen LogP contribution in [-0.4, -0.2) is 20.5 Å². The van der Waals surface area contributed by atoms with Crippen LogP contribution in [0.15, 0.2) is 53.6 Å². The van der Waals surface area contributed by atoms with Crippen molar-refractivity contribution in [2.45, 2.75) is 18.7 Å². The van der Waals surface area contributed by atoms with Gasteiger partial charge in [0, 0.05) is 11.6 Å². The third-order valence-electron chi connectivity index (χ3n) is 3.92. The molecular weight excluding hydrogens is 324 g/mol. The number of anilines is 1. The summed E-state index contributed by atoms with van der Waals surface area (Å²) in [6, 6.07) is 12.2. The Balaban J connectivity index is 2.16. The molecule has 0 saturated heterocycles. The Labute approximate surface area is 141 Å². The number of ether oxygens (including phenoxy) is 1. The van der Waals surface area contributed by atoms with E-state index in [1.165, 1.54) is 7.11 Å². The largest absolute Gasteiger partial charge is 0.494 e. The Kier molecular flexibility index (Phi) is 4.15. The van der Waals surface area contributed by atoms with Gasteiger partial charge in [0.25, 0.3) is 10.0 Å². The highest BCUT2D eigenvalue weighted by Crippen LogP contribution is 2.31. The molecule has 0 fully saturated rings. The second kappa shape index (κ2) is 6.13. The normalized spacial score (nSPS) is 11.5. The average molecular weight is 342 g/mol. The molecule has 0 aliphatic rings. The maximum Gasteiger partial charge on any atom is 0.262 e. The molecular formula is C18H18N2O3S. The summed E-state index contributed by atoms with van der Waals surface area (Å²) in [6.07, 6.45) is 1.61. The second-order valence-corrected chi connectivity index (χ2v) is 7.19. The Morgan fingerprint density at radius 1 is 1.00 bits per heavy atom. The van der Waals surface area contributed by atoms with E-state index in [1.807, 2.05) is 32.0 Å². The first-order valence-corrected chi connectivity index (χ1v) is 8.93. The first-order valence-electron chi connectivity index (χ1n) is 7.45. The lowest BCUT2D eigenvalue weighted by atomic mass is 10.1. The van der Waals surface area contributed by atoms with Crippen molar-refractivity contribution in [2.24, 2.45) is 0 Å². The van der Waals surface area contributed by atoms with Crippen LogP contribution in [0.1, 0.15) is 11.1 Å². The fourth-order valence-corrected chi connectivity index (χ4v) is 4.09. The molecule has 0 spiro atoms. The number of methoxy groups -OCH3 is 1. The zero-order chi connectivity index (χ0) is 17.3. The van der Waals surface area contributed by atoms with Gasteiger partial charge in [-0.1, -0.05) is 18.2 Å². The summed E-state index contributed by atoms with van der Waals surface area (Å²) in [6.45, 7) is 3.75. The van der Waals surface area contributed by atoms with Crippen LogP contribution in [-0.2, 0) is 10.0 Å². The molecule has 1 heterocycles. The Morgan fingerprint density at radius 2 is 1.71 bits per heavy atom. The highest BCUT2D eigenvalue weighted by atomic mass is 32.2. The molecule has 0 aliphatic heterocycles. The third kappa shape index (κ3) is 2.80. The summed E-state index contributed by atoms with van der Waals surface area (Å²) in [5, 5.41) is 0.524. The van der Waals surface area contributed by atoms with Gasteiger partial charge in [-0.2, -0.15) is 0 Å². The van der Waals surface area contributed by atoms with Crippen molar-refractivity contribution >= 4 is 26.6 Å². The molecule has 0 atom stereocenters. The lowest BCUT2D eigenvalue weighted by Gasteiger charge is -2.15. The molecule has 0 unspecified atom stereocenters. The summed E-state index contributed by atoms with van der Waals surface area (Å²) in [5.74, 6) is 0.539. The van der Waals surface area contributed by atoms with Gasteiger partial charge in [0.1, 0.15) is 11.3 Å². The van der Waals surface area contributed by atoms with Crippen LogP contribution in [0.3, 0.4) is 0 Å². The van der Waals surface area contributed by atoms with E-state index >= 15 is 0 Å². The van der Waals surface area contributed by atoms with Gasteiger partial charge in [-0.05, 0) is 49.2 Å². The van der Waals surface area contributed by atoms with Crippen molar-refractivity contribution < 1.29 is 13.2 Å². The molecule has 3 rings (SSSR count). The predicted octanol–water partition coefficient (Wildman–Crippen LogP) is 3.66. The molecule has 1 N–H and O–H groups in total. The number of rotatable bonds is 4. The molecule has 1 aromatic heterocycles. The van der Waals surface area contributed by atoms with Crippen LogP contribution in [0, 0.1) is 13.8 Å².